The summed E-state index contributed by atoms with van der Waals surface area (Å²) >= 11 is 0. The van der Waals surface area contributed by atoms with Crippen molar-refractivity contribution in [2.75, 3.05) is 40.5 Å². The van der Waals surface area contributed by atoms with Gasteiger partial charge in [0.1, 0.15) is 0 Å². The lowest BCUT2D eigenvalue weighted by atomic mass is 9.98. The maximum absolute atomic E-state index is 12.4. The SMILES string of the molecule is COCC1CCCN(C(=O)C2CC(OC)CN2)C1. The molecular formula is C13H24N2O3. The van der Waals surface area contributed by atoms with Gasteiger partial charge in [-0.15, -0.1) is 0 Å². The molecule has 3 atom stereocenters. The maximum atomic E-state index is 12.4. The Labute approximate surface area is 109 Å². The number of rotatable bonds is 4. The molecule has 5 nitrogen and oxygen atoms in total. The number of ether oxygens (including phenoxy) is 2. The van der Waals surface area contributed by atoms with E-state index in [-0.39, 0.29) is 18.1 Å². The van der Waals surface area contributed by atoms with Crippen molar-refractivity contribution >= 4 is 5.91 Å². The fourth-order valence-corrected chi connectivity index (χ4v) is 2.93. The molecule has 2 aliphatic heterocycles. The predicted octanol–water partition coefficient (Wildman–Crippen LogP) is 0.248. The summed E-state index contributed by atoms with van der Waals surface area (Å²) in [6.07, 6.45) is 3.22. The molecule has 2 fully saturated rings. The number of amides is 1. The number of carbonyl (C=O) groups excluding carboxylic acids is 1. The molecular weight excluding hydrogens is 232 g/mol. The van der Waals surface area contributed by atoms with Crippen LogP contribution in [0.15, 0.2) is 0 Å². The van der Waals surface area contributed by atoms with Gasteiger partial charge in [-0.05, 0) is 25.2 Å². The largest absolute Gasteiger partial charge is 0.384 e. The Morgan fingerprint density at radius 1 is 1.44 bits per heavy atom. The second-order valence-electron chi connectivity index (χ2n) is 5.30. The van der Waals surface area contributed by atoms with Crippen molar-refractivity contribution in [3.8, 4) is 0 Å². The lowest BCUT2D eigenvalue weighted by Gasteiger charge is -2.34. The molecule has 0 aromatic heterocycles. The summed E-state index contributed by atoms with van der Waals surface area (Å²) in [5.41, 5.74) is 0. The molecule has 0 aliphatic carbocycles. The molecule has 2 saturated heterocycles. The zero-order valence-corrected chi connectivity index (χ0v) is 11.4. The van der Waals surface area contributed by atoms with Crippen molar-refractivity contribution in [2.24, 2.45) is 5.92 Å². The van der Waals surface area contributed by atoms with Gasteiger partial charge in [-0.2, -0.15) is 0 Å². The van der Waals surface area contributed by atoms with Crippen molar-refractivity contribution in [3.05, 3.63) is 0 Å². The van der Waals surface area contributed by atoms with E-state index in [0.29, 0.717) is 5.92 Å². The van der Waals surface area contributed by atoms with Crippen molar-refractivity contribution < 1.29 is 14.3 Å². The average Bonchev–Trinajstić information content (AvgIpc) is 2.87. The molecule has 0 aromatic carbocycles. The van der Waals surface area contributed by atoms with Crippen LogP contribution in [0, 0.1) is 5.92 Å². The summed E-state index contributed by atoms with van der Waals surface area (Å²) in [6, 6.07) is -0.0590. The van der Waals surface area contributed by atoms with E-state index in [9.17, 15) is 4.79 Å². The van der Waals surface area contributed by atoms with E-state index in [2.05, 4.69) is 5.32 Å². The zero-order valence-electron chi connectivity index (χ0n) is 11.4. The van der Waals surface area contributed by atoms with Gasteiger partial charge in [0.2, 0.25) is 5.91 Å². The van der Waals surface area contributed by atoms with Gasteiger partial charge in [0.15, 0.2) is 0 Å². The number of likely N-dealkylation sites (tertiary alicyclic amines) is 1. The average molecular weight is 256 g/mol. The smallest absolute Gasteiger partial charge is 0.239 e. The number of methoxy groups -OCH3 is 2. The van der Waals surface area contributed by atoms with Gasteiger partial charge in [0.25, 0.3) is 0 Å². The first-order valence-corrected chi connectivity index (χ1v) is 6.78. The van der Waals surface area contributed by atoms with Gasteiger partial charge < -0.3 is 19.7 Å². The fraction of sp³-hybridized carbons (Fsp3) is 0.923. The number of nitrogens with one attached hydrogen (secondary N) is 1. The highest BCUT2D eigenvalue weighted by molar-refractivity contribution is 5.82. The lowest BCUT2D eigenvalue weighted by Crippen LogP contribution is -2.48. The Morgan fingerprint density at radius 3 is 2.94 bits per heavy atom. The van der Waals surface area contributed by atoms with Crippen molar-refractivity contribution in [3.63, 3.8) is 0 Å². The van der Waals surface area contributed by atoms with E-state index < -0.39 is 0 Å². The van der Waals surface area contributed by atoms with Crippen LogP contribution in [-0.4, -0.2) is 63.4 Å². The summed E-state index contributed by atoms with van der Waals surface area (Å²) in [4.78, 5) is 14.4. The molecule has 5 heteroatoms. The lowest BCUT2D eigenvalue weighted by molar-refractivity contribution is -0.135. The maximum Gasteiger partial charge on any atom is 0.239 e. The third-order valence-corrected chi connectivity index (χ3v) is 3.95. The van der Waals surface area contributed by atoms with Gasteiger partial charge in [-0.25, -0.2) is 0 Å². The van der Waals surface area contributed by atoms with E-state index >= 15 is 0 Å². The Bertz CT molecular complexity index is 283. The number of hydrogen-bond acceptors (Lipinski definition) is 4. The first-order chi connectivity index (χ1) is 8.74. The molecule has 0 radical (unpaired) electrons. The summed E-state index contributed by atoms with van der Waals surface area (Å²) in [5, 5.41) is 3.25. The number of piperidine rings is 1. The molecule has 0 saturated carbocycles. The monoisotopic (exact) mass is 256 g/mol. The van der Waals surface area contributed by atoms with Crippen LogP contribution in [0.1, 0.15) is 19.3 Å². The third-order valence-electron chi connectivity index (χ3n) is 3.95. The van der Waals surface area contributed by atoms with Crippen molar-refractivity contribution in [2.45, 2.75) is 31.4 Å². The van der Waals surface area contributed by atoms with Crippen LogP contribution in [0.5, 0.6) is 0 Å². The van der Waals surface area contributed by atoms with Gasteiger partial charge in [0.05, 0.1) is 18.8 Å². The number of hydrogen-bond donors (Lipinski definition) is 1. The van der Waals surface area contributed by atoms with Gasteiger partial charge in [-0.1, -0.05) is 0 Å². The zero-order chi connectivity index (χ0) is 13.0. The Hall–Kier alpha value is -0.650. The van der Waals surface area contributed by atoms with Crippen LogP contribution < -0.4 is 5.32 Å². The predicted molar refractivity (Wildman–Crippen MR) is 68.4 cm³/mol. The van der Waals surface area contributed by atoms with Gasteiger partial charge in [0, 0.05) is 33.9 Å². The van der Waals surface area contributed by atoms with Crippen LogP contribution in [0.3, 0.4) is 0 Å². The van der Waals surface area contributed by atoms with Crippen molar-refractivity contribution in [1.82, 2.24) is 10.2 Å². The summed E-state index contributed by atoms with van der Waals surface area (Å²) < 4.78 is 10.5. The molecule has 0 spiro atoms. The Balaban J connectivity index is 1.85. The minimum absolute atomic E-state index is 0.0590. The minimum Gasteiger partial charge on any atom is -0.384 e. The second-order valence-corrected chi connectivity index (χ2v) is 5.30. The van der Waals surface area contributed by atoms with E-state index in [4.69, 9.17) is 9.47 Å². The first-order valence-electron chi connectivity index (χ1n) is 6.78. The highest BCUT2D eigenvalue weighted by atomic mass is 16.5. The fourth-order valence-electron chi connectivity index (χ4n) is 2.93. The normalized spacial score (nSPS) is 32.8. The van der Waals surface area contributed by atoms with Crippen LogP contribution in [0.25, 0.3) is 0 Å². The van der Waals surface area contributed by atoms with E-state index in [0.717, 1.165) is 45.5 Å². The highest BCUT2D eigenvalue weighted by Gasteiger charge is 2.34. The topological polar surface area (TPSA) is 50.8 Å². The summed E-state index contributed by atoms with van der Waals surface area (Å²) in [7, 11) is 3.43. The van der Waals surface area contributed by atoms with Crippen LogP contribution in [0.4, 0.5) is 0 Å². The summed E-state index contributed by atoms with van der Waals surface area (Å²) in [6.45, 7) is 3.25. The van der Waals surface area contributed by atoms with E-state index in [1.54, 1.807) is 14.2 Å². The van der Waals surface area contributed by atoms with Gasteiger partial charge in [-0.3, -0.25) is 4.79 Å². The molecule has 2 rings (SSSR count). The second kappa shape index (κ2) is 6.50. The van der Waals surface area contributed by atoms with Crippen LogP contribution >= 0.6 is 0 Å². The molecule has 1 N–H and O–H groups in total. The van der Waals surface area contributed by atoms with Crippen LogP contribution in [-0.2, 0) is 14.3 Å². The molecule has 0 bridgehead atoms. The molecule has 18 heavy (non-hydrogen) atoms. The number of carbonyl (C=O) groups is 1. The quantitative estimate of drug-likeness (QED) is 0.783. The molecule has 2 heterocycles. The minimum atomic E-state index is -0.0590. The first kappa shape index (κ1) is 13.8. The number of nitrogens with zero attached hydrogens (tertiary/aromatic N) is 1. The van der Waals surface area contributed by atoms with E-state index in [1.165, 1.54) is 0 Å². The summed E-state index contributed by atoms with van der Waals surface area (Å²) in [5.74, 6) is 0.725. The molecule has 3 unspecified atom stereocenters. The standard InChI is InChI=1S/C13H24N2O3/c1-17-9-10-4-3-5-15(8-10)13(16)12-6-11(18-2)7-14-12/h10-12,14H,3-9H2,1-2H3. The third kappa shape index (κ3) is 3.22. The highest BCUT2D eigenvalue weighted by Crippen LogP contribution is 2.19. The van der Waals surface area contributed by atoms with Gasteiger partial charge >= 0.3 is 0 Å². The van der Waals surface area contributed by atoms with Crippen LogP contribution in [0.2, 0.25) is 0 Å². The molecule has 2 aliphatic rings. The Kier molecular flexibility index (Phi) is 4.97. The Morgan fingerprint density at radius 2 is 2.28 bits per heavy atom. The molecule has 104 valence electrons. The molecule has 1 amide bonds. The van der Waals surface area contributed by atoms with E-state index in [1.807, 2.05) is 4.90 Å². The molecule has 0 aromatic rings. The van der Waals surface area contributed by atoms with Crippen molar-refractivity contribution in [1.29, 1.82) is 0 Å².